The fraction of sp³-hybridized carbons (Fsp3) is 0.263. The number of anilines is 1. The first-order valence-corrected chi connectivity index (χ1v) is 7.76. The highest BCUT2D eigenvalue weighted by Crippen LogP contribution is 2.26. The molecule has 5 nitrogen and oxygen atoms in total. The number of amidine groups is 1. The molecule has 0 atom stereocenters. The zero-order chi connectivity index (χ0) is 17.5. The lowest BCUT2D eigenvalue weighted by molar-refractivity contribution is 0.0523. The summed E-state index contributed by atoms with van der Waals surface area (Å²) in [5, 5.41) is 0. The molecule has 24 heavy (non-hydrogen) atoms. The SMILES string of the molecule is CCOC(=O)c1ccc(N(C)C(C)=Nc2ccccc2)cc1OC. The number of rotatable bonds is 5. The van der Waals surface area contributed by atoms with Crippen LogP contribution in [0.15, 0.2) is 53.5 Å². The van der Waals surface area contributed by atoms with E-state index in [2.05, 4.69) is 4.99 Å². The monoisotopic (exact) mass is 326 g/mol. The Morgan fingerprint density at radius 1 is 1.17 bits per heavy atom. The van der Waals surface area contributed by atoms with E-state index in [1.165, 1.54) is 7.11 Å². The van der Waals surface area contributed by atoms with Crippen LogP contribution in [0.4, 0.5) is 11.4 Å². The van der Waals surface area contributed by atoms with Gasteiger partial charge in [-0.25, -0.2) is 9.79 Å². The first-order valence-electron chi connectivity index (χ1n) is 7.76. The zero-order valence-electron chi connectivity index (χ0n) is 14.4. The van der Waals surface area contributed by atoms with Gasteiger partial charge in [0.2, 0.25) is 0 Å². The average molecular weight is 326 g/mol. The summed E-state index contributed by atoms with van der Waals surface area (Å²) in [6.07, 6.45) is 0. The van der Waals surface area contributed by atoms with Gasteiger partial charge in [0.1, 0.15) is 17.1 Å². The van der Waals surface area contributed by atoms with Crippen LogP contribution in [0.25, 0.3) is 0 Å². The summed E-state index contributed by atoms with van der Waals surface area (Å²) in [6.45, 7) is 4.03. The van der Waals surface area contributed by atoms with Crippen LogP contribution in [0, 0.1) is 0 Å². The summed E-state index contributed by atoms with van der Waals surface area (Å²) in [5.74, 6) is 0.913. The second-order valence-electron chi connectivity index (χ2n) is 5.16. The average Bonchev–Trinajstić information content (AvgIpc) is 2.61. The largest absolute Gasteiger partial charge is 0.496 e. The summed E-state index contributed by atoms with van der Waals surface area (Å²) < 4.78 is 10.4. The van der Waals surface area contributed by atoms with E-state index in [9.17, 15) is 4.79 Å². The highest BCUT2D eigenvalue weighted by atomic mass is 16.5. The summed E-state index contributed by atoms with van der Waals surface area (Å²) in [4.78, 5) is 18.5. The van der Waals surface area contributed by atoms with Gasteiger partial charge in [-0.05, 0) is 38.1 Å². The lowest BCUT2D eigenvalue weighted by Gasteiger charge is -2.20. The molecule has 0 aliphatic heterocycles. The van der Waals surface area contributed by atoms with Crippen molar-refractivity contribution >= 4 is 23.2 Å². The van der Waals surface area contributed by atoms with Gasteiger partial charge in [0.15, 0.2) is 0 Å². The Hall–Kier alpha value is -2.82. The molecule has 0 heterocycles. The minimum absolute atomic E-state index is 0.326. The van der Waals surface area contributed by atoms with E-state index in [1.54, 1.807) is 19.1 Å². The molecular formula is C19H22N2O3. The van der Waals surface area contributed by atoms with E-state index in [1.807, 2.05) is 55.3 Å². The van der Waals surface area contributed by atoms with Crippen LogP contribution in [-0.2, 0) is 4.74 Å². The van der Waals surface area contributed by atoms with Gasteiger partial charge in [-0.3, -0.25) is 0 Å². The molecule has 126 valence electrons. The Kier molecular flexibility index (Phi) is 5.95. The quantitative estimate of drug-likeness (QED) is 0.472. The number of ether oxygens (including phenoxy) is 2. The minimum Gasteiger partial charge on any atom is -0.496 e. The molecule has 0 N–H and O–H groups in total. The highest BCUT2D eigenvalue weighted by molar-refractivity contribution is 5.98. The number of para-hydroxylation sites is 1. The fourth-order valence-corrected chi connectivity index (χ4v) is 2.22. The van der Waals surface area contributed by atoms with E-state index in [-0.39, 0.29) is 0 Å². The van der Waals surface area contributed by atoms with E-state index < -0.39 is 5.97 Å². The minimum atomic E-state index is -0.391. The van der Waals surface area contributed by atoms with E-state index in [0.29, 0.717) is 17.9 Å². The molecular weight excluding hydrogens is 304 g/mol. The van der Waals surface area contributed by atoms with Gasteiger partial charge in [0.05, 0.1) is 19.4 Å². The van der Waals surface area contributed by atoms with Gasteiger partial charge in [-0.2, -0.15) is 0 Å². The summed E-state index contributed by atoms with van der Waals surface area (Å²) >= 11 is 0. The van der Waals surface area contributed by atoms with Crippen LogP contribution in [0.2, 0.25) is 0 Å². The molecule has 0 saturated carbocycles. The summed E-state index contributed by atoms with van der Waals surface area (Å²) in [5.41, 5.74) is 2.17. The lowest BCUT2D eigenvalue weighted by Crippen LogP contribution is -2.23. The van der Waals surface area contributed by atoms with Crippen molar-refractivity contribution in [2.75, 3.05) is 25.7 Å². The van der Waals surface area contributed by atoms with Gasteiger partial charge in [-0.1, -0.05) is 18.2 Å². The third kappa shape index (κ3) is 4.13. The number of nitrogens with zero attached hydrogens (tertiary/aromatic N) is 2. The Bertz CT molecular complexity index is 727. The van der Waals surface area contributed by atoms with Crippen LogP contribution < -0.4 is 9.64 Å². The number of methoxy groups -OCH3 is 1. The smallest absolute Gasteiger partial charge is 0.341 e. The third-order valence-electron chi connectivity index (χ3n) is 3.60. The molecule has 0 fully saturated rings. The van der Waals surface area contributed by atoms with Gasteiger partial charge in [0.25, 0.3) is 0 Å². The predicted octanol–water partition coefficient (Wildman–Crippen LogP) is 4.06. The molecule has 0 aliphatic carbocycles. The number of aliphatic imine (C=N–C) groups is 1. The number of hydrogen-bond acceptors (Lipinski definition) is 4. The van der Waals surface area contributed by atoms with Crippen molar-refractivity contribution in [2.24, 2.45) is 4.99 Å². The number of carbonyl (C=O) groups is 1. The molecule has 0 radical (unpaired) electrons. The summed E-state index contributed by atoms with van der Waals surface area (Å²) in [7, 11) is 3.45. The zero-order valence-corrected chi connectivity index (χ0v) is 14.4. The highest BCUT2D eigenvalue weighted by Gasteiger charge is 2.15. The number of carbonyl (C=O) groups excluding carboxylic acids is 1. The lowest BCUT2D eigenvalue weighted by atomic mass is 10.1. The Balaban J connectivity index is 2.28. The van der Waals surface area contributed by atoms with Crippen molar-refractivity contribution in [1.82, 2.24) is 0 Å². The standard InChI is InChI=1S/C19H22N2O3/c1-5-24-19(22)17-12-11-16(13-18(17)23-4)21(3)14(2)20-15-9-7-6-8-10-15/h6-13H,5H2,1-4H3. The Labute approximate surface area is 142 Å². The molecule has 0 aliphatic rings. The first kappa shape index (κ1) is 17.5. The van der Waals surface area contributed by atoms with Crippen LogP contribution in [0.3, 0.4) is 0 Å². The molecule has 5 heteroatoms. The maximum atomic E-state index is 11.9. The molecule has 0 bridgehead atoms. The molecule has 0 unspecified atom stereocenters. The van der Waals surface area contributed by atoms with Crippen molar-refractivity contribution in [2.45, 2.75) is 13.8 Å². The van der Waals surface area contributed by atoms with Crippen molar-refractivity contribution in [3.05, 3.63) is 54.1 Å². The van der Waals surface area contributed by atoms with Gasteiger partial charge >= 0.3 is 5.97 Å². The Morgan fingerprint density at radius 2 is 1.88 bits per heavy atom. The molecule has 0 saturated heterocycles. The number of benzene rings is 2. The Morgan fingerprint density at radius 3 is 2.50 bits per heavy atom. The number of hydrogen-bond donors (Lipinski definition) is 0. The molecule has 2 aromatic carbocycles. The first-order chi connectivity index (χ1) is 11.6. The van der Waals surface area contributed by atoms with Gasteiger partial charge in [0, 0.05) is 18.8 Å². The van der Waals surface area contributed by atoms with Crippen molar-refractivity contribution in [1.29, 1.82) is 0 Å². The second-order valence-corrected chi connectivity index (χ2v) is 5.16. The van der Waals surface area contributed by atoms with Crippen molar-refractivity contribution < 1.29 is 14.3 Å². The van der Waals surface area contributed by atoms with Crippen LogP contribution in [0.5, 0.6) is 5.75 Å². The van der Waals surface area contributed by atoms with Crippen molar-refractivity contribution in [3.8, 4) is 5.75 Å². The van der Waals surface area contributed by atoms with E-state index in [4.69, 9.17) is 9.47 Å². The molecule has 2 aromatic rings. The maximum Gasteiger partial charge on any atom is 0.341 e. The normalized spacial score (nSPS) is 11.1. The van der Waals surface area contributed by atoms with E-state index in [0.717, 1.165) is 17.2 Å². The molecule has 0 spiro atoms. The summed E-state index contributed by atoms with van der Waals surface area (Å²) in [6, 6.07) is 15.1. The van der Waals surface area contributed by atoms with Crippen LogP contribution in [0.1, 0.15) is 24.2 Å². The van der Waals surface area contributed by atoms with Crippen LogP contribution in [-0.4, -0.2) is 32.6 Å². The molecule has 2 rings (SSSR count). The van der Waals surface area contributed by atoms with Gasteiger partial charge < -0.3 is 14.4 Å². The third-order valence-corrected chi connectivity index (χ3v) is 3.60. The molecule has 0 amide bonds. The van der Waals surface area contributed by atoms with Crippen LogP contribution >= 0.6 is 0 Å². The topological polar surface area (TPSA) is 51.1 Å². The maximum absolute atomic E-state index is 11.9. The number of esters is 1. The molecule has 0 aromatic heterocycles. The van der Waals surface area contributed by atoms with E-state index >= 15 is 0 Å². The fourth-order valence-electron chi connectivity index (χ4n) is 2.22. The van der Waals surface area contributed by atoms with Gasteiger partial charge in [-0.15, -0.1) is 0 Å². The second kappa shape index (κ2) is 8.15. The van der Waals surface area contributed by atoms with Crippen molar-refractivity contribution in [3.63, 3.8) is 0 Å². The predicted molar refractivity (Wildman–Crippen MR) is 96.6 cm³/mol.